The van der Waals surface area contributed by atoms with Gasteiger partial charge < -0.3 is 4.74 Å². The smallest absolute Gasteiger partial charge is 0.220 e. The van der Waals surface area contributed by atoms with Crippen molar-refractivity contribution in [1.82, 2.24) is 4.98 Å². The third-order valence-electron chi connectivity index (χ3n) is 2.04. The number of benzene rings is 1. The van der Waals surface area contributed by atoms with Crippen molar-refractivity contribution >= 4 is 31.9 Å². The fourth-order valence-electron chi connectivity index (χ4n) is 1.25. The van der Waals surface area contributed by atoms with Crippen LogP contribution in [0.5, 0.6) is 11.6 Å². The standard InChI is InChI=1S/C12H9Br2NO/c1-8-7-9(5-6-10(8)13)16-12-4-2-3-11(14)15-12/h2-7H,1H3. The van der Waals surface area contributed by atoms with E-state index in [-0.39, 0.29) is 0 Å². The average molecular weight is 343 g/mol. The molecule has 4 heteroatoms. The van der Waals surface area contributed by atoms with Crippen LogP contribution in [0.3, 0.4) is 0 Å². The first kappa shape index (κ1) is 11.6. The SMILES string of the molecule is Cc1cc(Oc2cccc(Br)n2)ccc1Br. The summed E-state index contributed by atoms with van der Waals surface area (Å²) in [5.41, 5.74) is 1.13. The molecule has 0 atom stereocenters. The first-order chi connectivity index (χ1) is 7.65. The predicted molar refractivity (Wildman–Crippen MR) is 70.9 cm³/mol. The summed E-state index contributed by atoms with van der Waals surface area (Å²) in [5.74, 6) is 1.36. The fraction of sp³-hybridized carbons (Fsp3) is 0.0833. The van der Waals surface area contributed by atoms with Gasteiger partial charge in [0.25, 0.3) is 0 Å². The first-order valence-electron chi connectivity index (χ1n) is 4.72. The van der Waals surface area contributed by atoms with Gasteiger partial charge in [0.15, 0.2) is 0 Å². The molecule has 0 unspecified atom stereocenters. The molecular weight excluding hydrogens is 334 g/mol. The topological polar surface area (TPSA) is 22.1 Å². The van der Waals surface area contributed by atoms with Gasteiger partial charge in [-0.1, -0.05) is 22.0 Å². The highest BCUT2D eigenvalue weighted by Crippen LogP contribution is 2.25. The van der Waals surface area contributed by atoms with Gasteiger partial charge in [-0.3, -0.25) is 0 Å². The van der Waals surface area contributed by atoms with Crippen molar-refractivity contribution in [1.29, 1.82) is 0 Å². The second-order valence-electron chi connectivity index (χ2n) is 3.31. The monoisotopic (exact) mass is 341 g/mol. The molecule has 0 N–H and O–H groups in total. The lowest BCUT2D eigenvalue weighted by Crippen LogP contribution is -1.88. The summed E-state index contributed by atoms with van der Waals surface area (Å²) in [6.07, 6.45) is 0. The van der Waals surface area contributed by atoms with Crippen molar-refractivity contribution in [2.75, 3.05) is 0 Å². The van der Waals surface area contributed by atoms with Gasteiger partial charge in [-0.2, -0.15) is 0 Å². The fourth-order valence-corrected chi connectivity index (χ4v) is 1.82. The minimum absolute atomic E-state index is 0.580. The van der Waals surface area contributed by atoms with Crippen molar-refractivity contribution in [3.8, 4) is 11.6 Å². The Morgan fingerprint density at radius 1 is 1.12 bits per heavy atom. The van der Waals surface area contributed by atoms with Crippen LogP contribution in [0.1, 0.15) is 5.56 Å². The number of hydrogen-bond donors (Lipinski definition) is 0. The Hall–Kier alpha value is -0.870. The van der Waals surface area contributed by atoms with E-state index in [4.69, 9.17) is 4.74 Å². The molecule has 82 valence electrons. The highest BCUT2D eigenvalue weighted by atomic mass is 79.9. The largest absolute Gasteiger partial charge is 0.439 e. The summed E-state index contributed by atoms with van der Waals surface area (Å²) < 4.78 is 7.47. The molecule has 0 saturated heterocycles. The van der Waals surface area contributed by atoms with Gasteiger partial charge >= 0.3 is 0 Å². The molecule has 2 aromatic rings. The van der Waals surface area contributed by atoms with E-state index in [1.165, 1.54) is 0 Å². The maximum Gasteiger partial charge on any atom is 0.220 e. The zero-order valence-electron chi connectivity index (χ0n) is 8.58. The van der Waals surface area contributed by atoms with Gasteiger partial charge in [0.05, 0.1) is 0 Å². The van der Waals surface area contributed by atoms with Crippen LogP contribution < -0.4 is 4.74 Å². The Balaban J connectivity index is 2.24. The van der Waals surface area contributed by atoms with Gasteiger partial charge in [-0.05, 0) is 52.7 Å². The molecule has 0 aliphatic rings. The molecule has 0 bridgehead atoms. The molecule has 0 aliphatic heterocycles. The molecule has 1 aromatic carbocycles. The van der Waals surface area contributed by atoms with E-state index in [2.05, 4.69) is 36.8 Å². The molecule has 0 amide bonds. The molecule has 0 spiro atoms. The van der Waals surface area contributed by atoms with Crippen LogP contribution >= 0.6 is 31.9 Å². The first-order valence-corrected chi connectivity index (χ1v) is 6.30. The number of hydrogen-bond acceptors (Lipinski definition) is 2. The van der Waals surface area contributed by atoms with Crippen molar-refractivity contribution in [2.24, 2.45) is 0 Å². The lowest BCUT2D eigenvalue weighted by molar-refractivity contribution is 0.461. The summed E-state index contributed by atoms with van der Waals surface area (Å²) in [6, 6.07) is 11.4. The number of pyridine rings is 1. The molecule has 2 rings (SSSR count). The number of halogens is 2. The number of ether oxygens (including phenoxy) is 1. The predicted octanol–water partition coefficient (Wildman–Crippen LogP) is 4.71. The summed E-state index contributed by atoms with van der Waals surface area (Å²) in [6.45, 7) is 2.02. The van der Waals surface area contributed by atoms with Crippen LogP contribution in [0.15, 0.2) is 45.5 Å². The summed E-state index contributed by atoms with van der Waals surface area (Å²) in [5, 5.41) is 0. The van der Waals surface area contributed by atoms with Crippen LogP contribution in [0, 0.1) is 6.92 Å². The molecule has 0 fully saturated rings. The van der Waals surface area contributed by atoms with E-state index >= 15 is 0 Å². The Bertz CT molecular complexity index is 514. The zero-order valence-corrected chi connectivity index (χ0v) is 11.7. The average Bonchev–Trinajstić information content (AvgIpc) is 2.24. The van der Waals surface area contributed by atoms with Crippen molar-refractivity contribution < 1.29 is 4.74 Å². The molecule has 16 heavy (non-hydrogen) atoms. The van der Waals surface area contributed by atoms with E-state index in [1.807, 2.05) is 43.3 Å². The molecule has 0 aliphatic carbocycles. The van der Waals surface area contributed by atoms with E-state index < -0.39 is 0 Å². The van der Waals surface area contributed by atoms with Crippen LogP contribution in [0.2, 0.25) is 0 Å². The minimum atomic E-state index is 0.580. The zero-order chi connectivity index (χ0) is 11.5. The Morgan fingerprint density at radius 3 is 2.62 bits per heavy atom. The van der Waals surface area contributed by atoms with Crippen molar-refractivity contribution in [3.05, 3.63) is 51.0 Å². The van der Waals surface area contributed by atoms with Gasteiger partial charge in [-0.15, -0.1) is 0 Å². The highest BCUT2D eigenvalue weighted by Gasteiger charge is 2.01. The minimum Gasteiger partial charge on any atom is -0.439 e. The lowest BCUT2D eigenvalue weighted by Gasteiger charge is -2.06. The summed E-state index contributed by atoms with van der Waals surface area (Å²) in [7, 11) is 0. The highest BCUT2D eigenvalue weighted by molar-refractivity contribution is 9.10. The van der Waals surface area contributed by atoms with Gasteiger partial charge in [0, 0.05) is 10.5 Å². The van der Waals surface area contributed by atoms with E-state index in [0.29, 0.717) is 5.88 Å². The third kappa shape index (κ3) is 2.83. The molecule has 1 aromatic heterocycles. The number of aromatic nitrogens is 1. The van der Waals surface area contributed by atoms with Gasteiger partial charge in [0.2, 0.25) is 5.88 Å². The maximum absolute atomic E-state index is 5.63. The lowest BCUT2D eigenvalue weighted by atomic mass is 10.2. The Labute approximate surface area is 111 Å². The summed E-state index contributed by atoms with van der Waals surface area (Å²) in [4.78, 5) is 4.20. The second kappa shape index (κ2) is 4.97. The van der Waals surface area contributed by atoms with E-state index in [0.717, 1.165) is 20.4 Å². The Kier molecular flexibility index (Phi) is 3.61. The van der Waals surface area contributed by atoms with Crippen LogP contribution in [-0.4, -0.2) is 4.98 Å². The Morgan fingerprint density at radius 2 is 1.94 bits per heavy atom. The maximum atomic E-state index is 5.63. The second-order valence-corrected chi connectivity index (χ2v) is 4.98. The summed E-state index contributed by atoms with van der Waals surface area (Å²) >= 11 is 6.75. The molecule has 1 heterocycles. The molecule has 2 nitrogen and oxygen atoms in total. The molecule has 0 saturated carbocycles. The van der Waals surface area contributed by atoms with Crippen LogP contribution in [0.4, 0.5) is 0 Å². The number of aryl methyl sites for hydroxylation is 1. The van der Waals surface area contributed by atoms with E-state index in [1.54, 1.807) is 0 Å². The van der Waals surface area contributed by atoms with Gasteiger partial charge in [0.1, 0.15) is 10.4 Å². The molecule has 0 radical (unpaired) electrons. The molecular formula is C12H9Br2NO. The van der Waals surface area contributed by atoms with E-state index in [9.17, 15) is 0 Å². The van der Waals surface area contributed by atoms with Crippen LogP contribution in [-0.2, 0) is 0 Å². The van der Waals surface area contributed by atoms with Crippen LogP contribution in [0.25, 0.3) is 0 Å². The normalized spacial score (nSPS) is 10.2. The van der Waals surface area contributed by atoms with Crippen molar-refractivity contribution in [2.45, 2.75) is 6.92 Å². The third-order valence-corrected chi connectivity index (χ3v) is 3.37. The quantitative estimate of drug-likeness (QED) is 0.737. The van der Waals surface area contributed by atoms with Crippen molar-refractivity contribution in [3.63, 3.8) is 0 Å². The number of rotatable bonds is 2. The van der Waals surface area contributed by atoms with Gasteiger partial charge in [-0.25, -0.2) is 4.98 Å². The number of nitrogens with zero attached hydrogens (tertiary/aromatic N) is 1.